The number of aryl methyl sites for hydroxylation is 1. The van der Waals surface area contributed by atoms with Crippen molar-refractivity contribution < 1.29 is 4.79 Å². The van der Waals surface area contributed by atoms with E-state index >= 15 is 0 Å². The van der Waals surface area contributed by atoms with E-state index < -0.39 is 0 Å². The molecular weight excluding hydrogens is 352 g/mol. The van der Waals surface area contributed by atoms with Gasteiger partial charge in [0, 0.05) is 6.20 Å². The number of carbonyl (C=O) groups excluding carboxylic acids is 1. The lowest BCUT2D eigenvalue weighted by Gasteiger charge is -2.03. The minimum atomic E-state index is -0.131. The summed E-state index contributed by atoms with van der Waals surface area (Å²) in [7, 11) is 0. The summed E-state index contributed by atoms with van der Waals surface area (Å²) in [4.78, 5) is 11.9. The van der Waals surface area contributed by atoms with E-state index in [4.69, 9.17) is 0 Å². The van der Waals surface area contributed by atoms with Crippen molar-refractivity contribution in [3.8, 4) is 0 Å². The zero-order chi connectivity index (χ0) is 12.6. The Bertz CT molecular complexity index is 573. The number of rotatable bonds is 2. The van der Waals surface area contributed by atoms with E-state index in [1.54, 1.807) is 17.1 Å². The summed E-state index contributed by atoms with van der Waals surface area (Å²) in [5.74, 6) is -0.131. The van der Waals surface area contributed by atoms with Gasteiger partial charge in [-0.25, -0.2) is 4.68 Å². The molecule has 0 unspecified atom stereocenters. The van der Waals surface area contributed by atoms with Crippen LogP contribution in [-0.2, 0) is 6.54 Å². The molecule has 0 radical (unpaired) electrons. The molecule has 7 heteroatoms. The number of halogens is 2. The van der Waals surface area contributed by atoms with Crippen molar-refractivity contribution in [2.24, 2.45) is 0 Å². The topological polar surface area (TPSA) is 52.7 Å². The fourth-order valence-electron chi connectivity index (χ4n) is 1.47. The molecule has 2 rings (SSSR count). The summed E-state index contributed by atoms with van der Waals surface area (Å²) >= 11 is 6.68. The summed E-state index contributed by atoms with van der Waals surface area (Å²) in [5, 5.41) is 8.22. The van der Waals surface area contributed by atoms with E-state index in [1.165, 1.54) is 4.68 Å². The molecule has 0 aromatic carbocycles. The molecule has 2 heterocycles. The van der Waals surface area contributed by atoms with Gasteiger partial charge in [-0.05, 0) is 45.7 Å². The molecule has 0 aliphatic rings. The van der Waals surface area contributed by atoms with Crippen LogP contribution in [0.3, 0.4) is 0 Å². The van der Waals surface area contributed by atoms with E-state index in [0.717, 1.165) is 20.3 Å². The molecular formula is C10H10Br2N4O. The van der Waals surface area contributed by atoms with E-state index in [-0.39, 0.29) is 12.5 Å². The van der Waals surface area contributed by atoms with Crippen LogP contribution in [0, 0.1) is 13.8 Å². The lowest BCUT2D eigenvalue weighted by Crippen LogP contribution is -2.19. The molecule has 0 fully saturated rings. The molecule has 0 saturated heterocycles. The molecule has 0 atom stereocenters. The highest BCUT2D eigenvalue weighted by Gasteiger charge is 2.13. The molecule has 0 saturated carbocycles. The van der Waals surface area contributed by atoms with Gasteiger partial charge in [-0.2, -0.15) is 10.2 Å². The van der Waals surface area contributed by atoms with Crippen LogP contribution in [0.15, 0.2) is 21.3 Å². The van der Waals surface area contributed by atoms with Gasteiger partial charge in [-0.1, -0.05) is 0 Å². The van der Waals surface area contributed by atoms with Crippen molar-refractivity contribution in [2.75, 3.05) is 0 Å². The third kappa shape index (κ3) is 2.50. The Kier molecular flexibility index (Phi) is 3.48. The third-order valence-corrected chi connectivity index (χ3v) is 3.94. The van der Waals surface area contributed by atoms with E-state index in [2.05, 4.69) is 42.1 Å². The number of hydrogen-bond acceptors (Lipinski definition) is 3. The van der Waals surface area contributed by atoms with Crippen LogP contribution in [0.2, 0.25) is 0 Å². The van der Waals surface area contributed by atoms with Crippen LogP contribution < -0.4 is 0 Å². The molecule has 2 aromatic rings. The van der Waals surface area contributed by atoms with Gasteiger partial charge in [0.15, 0.2) is 0 Å². The van der Waals surface area contributed by atoms with Gasteiger partial charge < -0.3 is 0 Å². The zero-order valence-corrected chi connectivity index (χ0v) is 12.5. The molecule has 5 nitrogen and oxygen atoms in total. The second-order valence-corrected chi connectivity index (χ2v) is 5.35. The van der Waals surface area contributed by atoms with Crippen LogP contribution in [0.5, 0.6) is 0 Å². The van der Waals surface area contributed by atoms with Gasteiger partial charge >= 0.3 is 0 Å². The van der Waals surface area contributed by atoms with Crippen LogP contribution in [0.25, 0.3) is 0 Å². The van der Waals surface area contributed by atoms with E-state index in [0.29, 0.717) is 0 Å². The SMILES string of the molecule is Cc1nn(CC(=O)n2cc(Br)cn2)c(C)c1Br. The third-order valence-electron chi connectivity index (χ3n) is 2.38. The summed E-state index contributed by atoms with van der Waals surface area (Å²) in [6.07, 6.45) is 3.21. The van der Waals surface area contributed by atoms with Gasteiger partial charge in [-0.15, -0.1) is 0 Å². The first-order valence-corrected chi connectivity index (χ1v) is 6.50. The minimum Gasteiger partial charge on any atom is -0.270 e. The second kappa shape index (κ2) is 4.73. The van der Waals surface area contributed by atoms with Crippen LogP contribution in [0.4, 0.5) is 0 Å². The maximum atomic E-state index is 11.9. The van der Waals surface area contributed by atoms with E-state index in [9.17, 15) is 4.79 Å². The summed E-state index contributed by atoms with van der Waals surface area (Å²) < 4.78 is 4.68. The molecule has 17 heavy (non-hydrogen) atoms. The number of nitrogens with zero attached hydrogens (tertiary/aromatic N) is 4. The fraction of sp³-hybridized carbons (Fsp3) is 0.300. The maximum absolute atomic E-state index is 11.9. The highest BCUT2D eigenvalue weighted by molar-refractivity contribution is 9.10. The average Bonchev–Trinajstić information content (AvgIpc) is 2.80. The first-order valence-electron chi connectivity index (χ1n) is 4.92. The normalized spacial score (nSPS) is 10.8. The fourth-order valence-corrected chi connectivity index (χ4v) is 2.04. The van der Waals surface area contributed by atoms with Crippen molar-refractivity contribution in [1.82, 2.24) is 19.6 Å². The van der Waals surface area contributed by atoms with Crippen molar-refractivity contribution >= 4 is 37.8 Å². The van der Waals surface area contributed by atoms with E-state index in [1.807, 2.05) is 13.8 Å². The standard InChI is InChI=1S/C10H10Br2N4O/c1-6-10(12)7(2)15(14-6)5-9(17)16-4-8(11)3-13-16/h3-4H,5H2,1-2H3. The Morgan fingerprint density at radius 2 is 2.12 bits per heavy atom. The van der Waals surface area contributed by atoms with Crippen LogP contribution in [0.1, 0.15) is 16.2 Å². The molecule has 2 aromatic heterocycles. The first kappa shape index (κ1) is 12.5. The molecule has 0 aliphatic carbocycles. The van der Waals surface area contributed by atoms with Gasteiger partial charge in [0.05, 0.1) is 26.5 Å². The summed E-state index contributed by atoms with van der Waals surface area (Å²) in [6.45, 7) is 3.98. The summed E-state index contributed by atoms with van der Waals surface area (Å²) in [5.41, 5.74) is 1.80. The number of carbonyl (C=O) groups is 1. The monoisotopic (exact) mass is 360 g/mol. The smallest absolute Gasteiger partial charge is 0.268 e. The Morgan fingerprint density at radius 1 is 1.41 bits per heavy atom. The molecule has 0 spiro atoms. The predicted octanol–water partition coefficient (Wildman–Crippen LogP) is 2.56. The van der Waals surface area contributed by atoms with Crippen LogP contribution >= 0.6 is 31.9 Å². The minimum absolute atomic E-state index is 0.131. The molecule has 0 amide bonds. The van der Waals surface area contributed by atoms with Crippen molar-refractivity contribution in [3.05, 3.63) is 32.7 Å². The van der Waals surface area contributed by atoms with Crippen molar-refractivity contribution in [3.63, 3.8) is 0 Å². The van der Waals surface area contributed by atoms with Gasteiger partial charge in [0.1, 0.15) is 6.54 Å². The van der Waals surface area contributed by atoms with Gasteiger partial charge in [0.2, 0.25) is 0 Å². The highest BCUT2D eigenvalue weighted by atomic mass is 79.9. The number of hydrogen-bond donors (Lipinski definition) is 0. The Labute approximate surface area is 115 Å². The molecule has 0 bridgehead atoms. The largest absolute Gasteiger partial charge is 0.270 e. The van der Waals surface area contributed by atoms with Gasteiger partial charge in [0.25, 0.3) is 5.91 Å². The lowest BCUT2D eigenvalue weighted by atomic mass is 10.4. The second-order valence-electron chi connectivity index (χ2n) is 3.64. The Hall–Kier alpha value is -0.950. The summed E-state index contributed by atoms with van der Waals surface area (Å²) in [6, 6.07) is 0. The molecule has 0 aliphatic heterocycles. The molecule has 0 N–H and O–H groups in total. The van der Waals surface area contributed by atoms with Crippen molar-refractivity contribution in [2.45, 2.75) is 20.4 Å². The Morgan fingerprint density at radius 3 is 2.59 bits per heavy atom. The first-order chi connectivity index (χ1) is 7.99. The predicted molar refractivity (Wildman–Crippen MR) is 70.0 cm³/mol. The zero-order valence-electron chi connectivity index (χ0n) is 9.31. The molecule has 90 valence electrons. The lowest BCUT2D eigenvalue weighted by molar-refractivity contribution is 0.0869. The maximum Gasteiger partial charge on any atom is 0.268 e. The number of aromatic nitrogens is 4. The average molecular weight is 362 g/mol. The Balaban J connectivity index is 2.21. The highest BCUT2D eigenvalue weighted by Crippen LogP contribution is 2.19. The van der Waals surface area contributed by atoms with Crippen LogP contribution in [-0.4, -0.2) is 25.5 Å². The van der Waals surface area contributed by atoms with Crippen molar-refractivity contribution in [1.29, 1.82) is 0 Å². The van der Waals surface area contributed by atoms with Gasteiger partial charge in [-0.3, -0.25) is 9.48 Å². The quantitative estimate of drug-likeness (QED) is 0.825.